The lowest BCUT2D eigenvalue weighted by molar-refractivity contribution is 0.110. The zero-order valence-electron chi connectivity index (χ0n) is 9.38. The fourth-order valence-corrected chi connectivity index (χ4v) is 3.79. The molecule has 0 aromatic heterocycles. The number of halogens is 3. The molecule has 17 heavy (non-hydrogen) atoms. The number of methoxy groups -OCH3 is 1. The van der Waals surface area contributed by atoms with Gasteiger partial charge in [-0.15, -0.1) is 0 Å². The van der Waals surface area contributed by atoms with Crippen LogP contribution in [0.5, 0.6) is 5.75 Å². The van der Waals surface area contributed by atoms with Crippen LogP contribution in [0.25, 0.3) is 0 Å². The van der Waals surface area contributed by atoms with E-state index in [1.165, 1.54) is 0 Å². The number of alkyl halides is 1. The predicted octanol–water partition coefficient (Wildman–Crippen LogP) is 4.73. The Bertz CT molecular complexity index is 406. The van der Waals surface area contributed by atoms with Gasteiger partial charge in [-0.05, 0) is 40.9 Å². The van der Waals surface area contributed by atoms with Crippen LogP contribution in [0.15, 0.2) is 16.6 Å². The lowest BCUT2D eigenvalue weighted by Gasteiger charge is -2.20. The van der Waals surface area contributed by atoms with Crippen molar-refractivity contribution in [2.75, 3.05) is 13.7 Å². The maximum Gasteiger partial charge on any atom is 0.137 e. The maximum absolute atomic E-state index is 6.08. The molecule has 2 nitrogen and oxygen atoms in total. The Balaban J connectivity index is 2.35. The molecule has 0 N–H and O–H groups in total. The molecule has 0 saturated carbocycles. The Kier molecular flexibility index (Phi) is 4.75. The molecule has 1 aromatic carbocycles. The molecule has 1 aliphatic rings. The molecule has 1 fully saturated rings. The Morgan fingerprint density at radius 2 is 2.29 bits per heavy atom. The van der Waals surface area contributed by atoms with Crippen molar-refractivity contribution in [1.82, 2.24) is 0 Å². The second kappa shape index (κ2) is 5.91. The van der Waals surface area contributed by atoms with E-state index in [1.807, 2.05) is 12.1 Å². The van der Waals surface area contributed by atoms with E-state index in [-0.39, 0.29) is 10.9 Å². The summed E-state index contributed by atoms with van der Waals surface area (Å²) in [6, 6.07) is 3.76. The second-order valence-corrected chi connectivity index (χ2v) is 6.24. The first-order valence-corrected chi connectivity index (χ1v) is 7.50. The summed E-state index contributed by atoms with van der Waals surface area (Å²) in [4.78, 5) is 0.106. The van der Waals surface area contributed by atoms with Gasteiger partial charge in [0.25, 0.3) is 0 Å². The van der Waals surface area contributed by atoms with Crippen molar-refractivity contribution in [1.29, 1.82) is 0 Å². The molecule has 0 radical (unpaired) electrons. The fourth-order valence-electron chi connectivity index (χ4n) is 2.03. The van der Waals surface area contributed by atoms with Crippen LogP contribution in [0.2, 0.25) is 5.02 Å². The Labute approximate surface area is 123 Å². The van der Waals surface area contributed by atoms with Crippen molar-refractivity contribution >= 4 is 43.5 Å². The van der Waals surface area contributed by atoms with E-state index in [4.69, 9.17) is 21.1 Å². The van der Waals surface area contributed by atoms with Crippen LogP contribution < -0.4 is 4.74 Å². The quantitative estimate of drug-likeness (QED) is 0.702. The highest BCUT2D eigenvalue weighted by atomic mass is 79.9. The topological polar surface area (TPSA) is 18.5 Å². The van der Waals surface area contributed by atoms with Gasteiger partial charge in [0, 0.05) is 17.2 Å². The van der Waals surface area contributed by atoms with Crippen LogP contribution in [-0.4, -0.2) is 19.8 Å². The molecule has 0 spiro atoms. The largest absolute Gasteiger partial charge is 0.495 e. The first kappa shape index (κ1) is 13.7. The summed E-state index contributed by atoms with van der Waals surface area (Å²) in [6.07, 6.45) is 2.36. The van der Waals surface area contributed by atoms with Crippen LogP contribution in [-0.2, 0) is 4.74 Å². The van der Waals surface area contributed by atoms with Crippen LogP contribution in [0, 0.1) is 0 Å². The van der Waals surface area contributed by atoms with Crippen LogP contribution in [0.4, 0.5) is 0 Å². The number of ether oxygens (including phenoxy) is 2. The molecular weight excluding hydrogens is 371 g/mol. The van der Waals surface area contributed by atoms with E-state index >= 15 is 0 Å². The van der Waals surface area contributed by atoms with Gasteiger partial charge in [-0.1, -0.05) is 27.5 Å². The minimum atomic E-state index is 0.106. The lowest BCUT2D eigenvalue weighted by atomic mass is 10.0. The molecule has 0 amide bonds. The first-order chi connectivity index (χ1) is 8.13. The Hall–Kier alpha value is 0.230. The summed E-state index contributed by atoms with van der Waals surface area (Å²) in [6.45, 7) is 0.830. The Morgan fingerprint density at radius 1 is 1.53 bits per heavy atom. The highest BCUT2D eigenvalue weighted by molar-refractivity contribution is 9.10. The molecule has 1 aliphatic heterocycles. The zero-order valence-corrected chi connectivity index (χ0v) is 13.3. The van der Waals surface area contributed by atoms with Gasteiger partial charge < -0.3 is 9.47 Å². The minimum Gasteiger partial charge on any atom is -0.495 e. The minimum absolute atomic E-state index is 0.106. The number of rotatable bonds is 3. The summed E-state index contributed by atoms with van der Waals surface area (Å²) >= 11 is 13.2. The molecule has 0 aliphatic carbocycles. The average Bonchev–Trinajstić information content (AvgIpc) is 2.80. The van der Waals surface area contributed by atoms with Crippen molar-refractivity contribution in [2.24, 2.45) is 0 Å². The molecule has 2 unspecified atom stereocenters. The van der Waals surface area contributed by atoms with E-state index in [1.54, 1.807) is 7.11 Å². The van der Waals surface area contributed by atoms with Gasteiger partial charge in [-0.25, -0.2) is 0 Å². The summed E-state index contributed by atoms with van der Waals surface area (Å²) in [7, 11) is 1.66. The van der Waals surface area contributed by atoms with Crippen molar-refractivity contribution in [2.45, 2.75) is 23.8 Å². The van der Waals surface area contributed by atoms with E-state index in [0.717, 1.165) is 35.2 Å². The van der Waals surface area contributed by atoms with Crippen molar-refractivity contribution in [3.05, 3.63) is 27.2 Å². The smallest absolute Gasteiger partial charge is 0.137 e. The standard InChI is InChI=1S/C12H13Br2ClO2/c1-16-12-8(5-7(15)6-9(12)13)11(14)10-3-2-4-17-10/h5-6,10-11H,2-4H2,1H3. The summed E-state index contributed by atoms with van der Waals surface area (Å²) < 4.78 is 12.0. The van der Waals surface area contributed by atoms with Crippen LogP contribution >= 0.6 is 43.5 Å². The zero-order chi connectivity index (χ0) is 12.4. The molecule has 1 heterocycles. The molecule has 1 aromatic rings. The molecule has 1 saturated heterocycles. The number of benzene rings is 1. The summed E-state index contributed by atoms with van der Waals surface area (Å²) in [5.74, 6) is 0.812. The van der Waals surface area contributed by atoms with Crippen LogP contribution in [0.3, 0.4) is 0 Å². The molecule has 2 atom stereocenters. The summed E-state index contributed by atoms with van der Waals surface area (Å²) in [5, 5.41) is 0.690. The highest BCUT2D eigenvalue weighted by Gasteiger charge is 2.28. The van der Waals surface area contributed by atoms with Crippen molar-refractivity contribution in [3.63, 3.8) is 0 Å². The van der Waals surface area contributed by atoms with Gasteiger partial charge in [0.1, 0.15) is 5.75 Å². The van der Waals surface area contributed by atoms with Gasteiger partial charge >= 0.3 is 0 Å². The van der Waals surface area contributed by atoms with Crippen LogP contribution in [0.1, 0.15) is 23.2 Å². The van der Waals surface area contributed by atoms with E-state index in [2.05, 4.69) is 31.9 Å². The predicted molar refractivity (Wildman–Crippen MR) is 76.3 cm³/mol. The van der Waals surface area contributed by atoms with Crippen molar-refractivity contribution < 1.29 is 9.47 Å². The third-order valence-corrected chi connectivity index (χ3v) is 4.72. The van der Waals surface area contributed by atoms with Gasteiger partial charge in [0.15, 0.2) is 0 Å². The molecule has 94 valence electrons. The summed E-state index contributed by atoms with van der Waals surface area (Å²) in [5.41, 5.74) is 1.03. The molecule has 5 heteroatoms. The van der Waals surface area contributed by atoms with Gasteiger partial charge in [-0.3, -0.25) is 0 Å². The van der Waals surface area contributed by atoms with Gasteiger partial charge in [-0.2, -0.15) is 0 Å². The molecule has 0 bridgehead atoms. The second-order valence-electron chi connectivity index (χ2n) is 3.96. The number of hydrogen-bond donors (Lipinski definition) is 0. The fraction of sp³-hybridized carbons (Fsp3) is 0.500. The van der Waals surface area contributed by atoms with Gasteiger partial charge in [0.05, 0.1) is 22.5 Å². The highest BCUT2D eigenvalue weighted by Crippen LogP contribution is 2.43. The Morgan fingerprint density at radius 3 is 2.88 bits per heavy atom. The SMILES string of the molecule is COc1c(Br)cc(Cl)cc1C(Br)C1CCCO1. The monoisotopic (exact) mass is 382 g/mol. The number of hydrogen-bond acceptors (Lipinski definition) is 2. The maximum atomic E-state index is 6.08. The molecule has 2 rings (SSSR count). The molecular formula is C12H13Br2ClO2. The van der Waals surface area contributed by atoms with Gasteiger partial charge in [0.2, 0.25) is 0 Å². The average molecular weight is 384 g/mol. The first-order valence-electron chi connectivity index (χ1n) is 5.42. The van der Waals surface area contributed by atoms with E-state index in [9.17, 15) is 0 Å². The van der Waals surface area contributed by atoms with E-state index < -0.39 is 0 Å². The van der Waals surface area contributed by atoms with E-state index in [0.29, 0.717) is 5.02 Å². The van der Waals surface area contributed by atoms with Crippen molar-refractivity contribution in [3.8, 4) is 5.75 Å². The third-order valence-electron chi connectivity index (χ3n) is 2.83. The lowest BCUT2D eigenvalue weighted by Crippen LogP contribution is -2.13. The normalized spacial score (nSPS) is 21.5. The third kappa shape index (κ3) is 2.98.